The lowest BCUT2D eigenvalue weighted by Gasteiger charge is -2.32. The Labute approximate surface area is 182 Å². The molecule has 2 aromatic rings. The van der Waals surface area contributed by atoms with E-state index in [0.717, 1.165) is 40.5 Å². The van der Waals surface area contributed by atoms with Crippen LogP contribution in [0.4, 0.5) is 5.69 Å². The zero-order chi connectivity index (χ0) is 21.5. The Bertz CT molecular complexity index is 858. The van der Waals surface area contributed by atoms with E-state index in [4.69, 9.17) is 4.74 Å². The number of para-hydroxylation sites is 1. The summed E-state index contributed by atoms with van der Waals surface area (Å²) in [5.74, 6) is 1.41. The molecule has 0 bridgehead atoms. The molecule has 0 unspecified atom stereocenters. The van der Waals surface area contributed by atoms with Gasteiger partial charge in [-0.1, -0.05) is 18.2 Å². The van der Waals surface area contributed by atoms with Crippen molar-refractivity contribution in [2.24, 2.45) is 0 Å². The van der Waals surface area contributed by atoms with E-state index in [1.54, 1.807) is 7.11 Å². The van der Waals surface area contributed by atoms with Gasteiger partial charge in [-0.05, 0) is 49.2 Å². The first kappa shape index (κ1) is 22.2. The number of anilines is 1. The van der Waals surface area contributed by atoms with Crippen molar-refractivity contribution in [1.82, 2.24) is 4.90 Å². The minimum atomic E-state index is 0.0252. The summed E-state index contributed by atoms with van der Waals surface area (Å²) in [6.07, 6.45) is 0. The Balaban J connectivity index is 1.41. The first-order chi connectivity index (χ1) is 14.5. The number of thioether (sulfide) groups is 1. The molecular formula is C23H30N3O3S+. The van der Waals surface area contributed by atoms with Crippen LogP contribution >= 0.6 is 11.8 Å². The number of nitrogens with one attached hydrogen (secondary N) is 2. The molecule has 1 aliphatic rings. The molecule has 0 saturated carbocycles. The zero-order valence-corrected chi connectivity index (χ0v) is 18.7. The normalized spacial score (nSPS) is 14.4. The van der Waals surface area contributed by atoms with E-state index in [9.17, 15) is 9.59 Å². The van der Waals surface area contributed by atoms with Crippen molar-refractivity contribution in [3.05, 3.63) is 53.6 Å². The average molecular weight is 429 g/mol. The molecule has 7 heteroatoms. The number of piperazine rings is 1. The number of hydrogen-bond donors (Lipinski definition) is 2. The van der Waals surface area contributed by atoms with Crippen molar-refractivity contribution < 1.29 is 19.2 Å². The van der Waals surface area contributed by atoms with Gasteiger partial charge in [0.25, 0.3) is 5.91 Å². The molecule has 0 radical (unpaired) electrons. The van der Waals surface area contributed by atoms with Crippen LogP contribution in [-0.4, -0.2) is 62.3 Å². The van der Waals surface area contributed by atoms with Gasteiger partial charge < -0.3 is 19.9 Å². The van der Waals surface area contributed by atoms with Gasteiger partial charge in [0, 0.05) is 10.6 Å². The molecule has 2 N–H and O–H groups in total. The summed E-state index contributed by atoms with van der Waals surface area (Å²) in [6.45, 7) is 7.39. The van der Waals surface area contributed by atoms with Crippen molar-refractivity contribution in [2.75, 3.05) is 50.9 Å². The van der Waals surface area contributed by atoms with Gasteiger partial charge in [0.15, 0.2) is 6.54 Å². The fourth-order valence-corrected chi connectivity index (χ4v) is 4.38. The average Bonchev–Trinajstić information content (AvgIpc) is 2.75. The number of carbonyl (C=O) groups excluding carboxylic acids is 2. The molecule has 6 nitrogen and oxygen atoms in total. The van der Waals surface area contributed by atoms with E-state index in [-0.39, 0.29) is 11.8 Å². The predicted octanol–water partition coefficient (Wildman–Crippen LogP) is 1.77. The smallest absolute Gasteiger partial charge is 0.279 e. The Morgan fingerprint density at radius 2 is 1.70 bits per heavy atom. The van der Waals surface area contributed by atoms with Crippen molar-refractivity contribution >= 4 is 29.3 Å². The molecule has 2 aromatic carbocycles. The van der Waals surface area contributed by atoms with Crippen LogP contribution in [0.15, 0.2) is 47.4 Å². The van der Waals surface area contributed by atoms with Crippen molar-refractivity contribution in [3.8, 4) is 5.75 Å². The highest BCUT2D eigenvalue weighted by Crippen LogP contribution is 2.21. The maximum Gasteiger partial charge on any atom is 0.279 e. The molecule has 1 heterocycles. The van der Waals surface area contributed by atoms with Gasteiger partial charge in [0.1, 0.15) is 5.75 Å². The summed E-state index contributed by atoms with van der Waals surface area (Å²) < 4.78 is 5.16. The van der Waals surface area contributed by atoms with E-state index in [1.165, 1.54) is 16.7 Å². The number of benzene rings is 2. The second kappa shape index (κ2) is 10.5. The number of nitrogens with zero attached hydrogens (tertiary/aromatic N) is 1. The van der Waals surface area contributed by atoms with Crippen LogP contribution in [0.3, 0.4) is 0 Å². The van der Waals surface area contributed by atoms with Crippen molar-refractivity contribution in [2.45, 2.75) is 18.7 Å². The number of methoxy groups -OCH3 is 1. The highest BCUT2D eigenvalue weighted by atomic mass is 32.2. The van der Waals surface area contributed by atoms with Gasteiger partial charge in [-0.25, -0.2) is 0 Å². The van der Waals surface area contributed by atoms with Crippen LogP contribution in [0.2, 0.25) is 0 Å². The van der Waals surface area contributed by atoms with Crippen LogP contribution in [0, 0.1) is 13.8 Å². The molecule has 30 heavy (non-hydrogen) atoms. The molecule has 3 rings (SSSR count). The van der Waals surface area contributed by atoms with Gasteiger partial charge in [-0.15, -0.1) is 11.8 Å². The van der Waals surface area contributed by atoms with Crippen LogP contribution in [-0.2, 0) is 9.59 Å². The minimum Gasteiger partial charge on any atom is -0.497 e. The second-order valence-electron chi connectivity index (χ2n) is 7.59. The molecule has 1 fully saturated rings. The fourth-order valence-electron chi connectivity index (χ4n) is 3.58. The number of ether oxygens (including phenoxy) is 1. The summed E-state index contributed by atoms with van der Waals surface area (Å²) in [4.78, 5) is 29.2. The van der Waals surface area contributed by atoms with E-state index < -0.39 is 0 Å². The second-order valence-corrected chi connectivity index (χ2v) is 8.64. The lowest BCUT2D eigenvalue weighted by molar-refractivity contribution is -0.895. The van der Waals surface area contributed by atoms with Gasteiger partial charge in [0.05, 0.1) is 39.0 Å². The summed E-state index contributed by atoms with van der Waals surface area (Å²) >= 11 is 1.54. The molecule has 1 saturated heterocycles. The maximum absolute atomic E-state index is 12.5. The number of amides is 2. The van der Waals surface area contributed by atoms with E-state index >= 15 is 0 Å². The van der Waals surface area contributed by atoms with Gasteiger partial charge in [-0.3, -0.25) is 9.59 Å². The quantitative estimate of drug-likeness (QED) is 0.660. The third-order valence-corrected chi connectivity index (χ3v) is 6.40. The highest BCUT2D eigenvalue weighted by molar-refractivity contribution is 8.00. The molecule has 160 valence electrons. The molecule has 0 atom stereocenters. The Morgan fingerprint density at radius 1 is 1.07 bits per heavy atom. The zero-order valence-electron chi connectivity index (χ0n) is 17.9. The van der Waals surface area contributed by atoms with Gasteiger partial charge in [0.2, 0.25) is 5.91 Å². The maximum atomic E-state index is 12.5. The Hall–Kier alpha value is -2.51. The number of quaternary nitrogens is 1. The largest absolute Gasteiger partial charge is 0.497 e. The lowest BCUT2D eigenvalue weighted by Crippen LogP contribution is -3.15. The molecule has 0 aromatic heterocycles. The summed E-state index contributed by atoms with van der Waals surface area (Å²) in [5, 5.41) is 3.05. The molecule has 0 aliphatic carbocycles. The van der Waals surface area contributed by atoms with Crippen LogP contribution < -0.4 is 15.0 Å². The number of aryl methyl sites for hydroxylation is 2. The third kappa shape index (κ3) is 6.00. The standard InChI is InChI=1S/C23H29N3O3S/c1-17-5-4-6-18(2)23(17)24-21(27)15-25-11-13-26(14-12-25)22(28)16-30-20-9-7-19(29-3)8-10-20/h4-10H,11-16H2,1-3H3,(H,24,27)/p+1. The lowest BCUT2D eigenvalue weighted by atomic mass is 10.1. The van der Waals surface area contributed by atoms with Crippen LogP contribution in [0.1, 0.15) is 11.1 Å². The number of carbonyl (C=O) groups is 2. The first-order valence-electron chi connectivity index (χ1n) is 10.2. The van der Waals surface area contributed by atoms with Crippen molar-refractivity contribution in [3.63, 3.8) is 0 Å². The first-order valence-corrected chi connectivity index (χ1v) is 11.2. The fraction of sp³-hybridized carbons (Fsp3) is 0.391. The third-order valence-electron chi connectivity index (χ3n) is 5.40. The molecule has 1 aliphatic heterocycles. The van der Waals surface area contributed by atoms with Crippen LogP contribution in [0.25, 0.3) is 0 Å². The summed E-state index contributed by atoms with van der Waals surface area (Å²) in [5.41, 5.74) is 3.05. The molecule has 2 amide bonds. The SMILES string of the molecule is COc1ccc(SCC(=O)N2CC[NH+](CC(=O)Nc3c(C)cccc3C)CC2)cc1. The molecule has 0 spiro atoms. The van der Waals surface area contributed by atoms with E-state index in [0.29, 0.717) is 25.4 Å². The number of hydrogen-bond acceptors (Lipinski definition) is 4. The van der Waals surface area contributed by atoms with Crippen molar-refractivity contribution in [1.29, 1.82) is 0 Å². The molecular weight excluding hydrogens is 398 g/mol. The van der Waals surface area contributed by atoms with Crippen LogP contribution in [0.5, 0.6) is 5.75 Å². The monoisotopic (exact) mass is 428 g/mol. The van der Waals surface area contributed by atoms with Gasteiger partial charge >= 0.3 is 0 Å². The Morgan fingerprint density at radius 3 is 2.30 bits per heavy atom. The highest BCUT2D eigenvalue weighted by Gasteiger charge is 2.25. The summed E-state index contributed by atoms with van der Waals surface area (Å²) in [6, 6.07) is 13.7. The van der Waals surface area contributed by atoms with Gasteiger partial charge in [-0.2, -0.15) is 0 Å². The van der Waals surface area contributed by atoms with E-state index in [2.05, 4.69) is 5.32 Å². The number of rotatable bonds is 7. The predicted molar refractivity (Wildman–Crippen MR) is 120 cm³/mol. The van der Waals surface area contributed by atoms with E-state index in [1.807, 2.05) is 61.2 Å². The summed E-state index contributed by atoms with van der Waals surface area (Å²) in [7, 11) is 1.64. The Kier molecular flexibility index (Phi) is 7.76. The minimum absolute atomic E-state index is 0.0252. The topological polar surface area (TPSA) is 63.1 Å².